The molecule has 1 saturated carbocycles. The summed E-state index contributed by atoms with van der Waals surface area (Å²) in [4.78, 5) is 14.5. The lowest BCUT2D eigenvalue weighted by Crippen LogP contribution is -2.40. The Morgan fingerprint density at radius 2 is 2.15 bits per heavy atom. The standard InChI is InChI=1S/C16H23ClN2O/c1-2-19(11-13-6-3-4-9-15(13)17)16(20)12-7-5-8-14(18)10-12/h3-4,6,9,12,14H,2,5,7-8,10-11,18H2,1H3. The number of nitrogens with two attached hydrogens (primary N) is 1. The molecule has 0 aromatic heterocycles. The minimum Gasteiger partial charge on any atom is -0.338 e. The van der Waals surface area contributed by atoms with E-state index in [1.165, 1.54) is 0 Å². The molecule has 1 aromatic rings. The molecule has 1 aromatic carbocycles. The first-order valence-corrected chi connectivity index (χ1v) is 7.77. The molecule has 3 nitrogen and oxygen atoms in total. The van der Waals surface area contributed by atoms with Crippen molar-refractivity contribution in [2.75, 3.05) is 6.54 Å². The molecule has 2 N–H and O–H groups in total. The SMILES string of the molecule is CCN(Cc1ccccc1Cl)C(=O)C1CCCC(N)C1. The Hall–Kier alpha value is -1.06. The maximum atomic E-state index is 12.6. The van der Waals surface area contributed by atoms with Gasteiger partial charge in [0.2, 0.25) is 5.91 Å². The van der Waals surface area contributed by atoms with Gasteiger partial charge in [-0.2, -0.15) is 0 Å². The quantitative estimate of drug-likeness (QED) is 0.927. The van der Waals surface area contributed by atoms with E-state index in [-0.39, 0.29) is 17.9 Å². The molecule has 1 aliphatic rings. The van der Waals surface area contributed by atoms with Crippen LogP contribution >= 0.6 is 11.6 Å². The van der Waals surface area contributed by atoms with E-state index in [0.29, 0.717) is 13.1 Å². The van der Waals surface area contributed by atoms with Crippen LogP contribution in [0.25, 0.3) is 0 Å². The van der Waals surface area contributed by atoms with Gasteiger partial charge in [-0.3, -0.25) is 4.79 Å². The molecule has 0 aliphatic heterocycles. The van der Waals surface area contributed by atoms with Crippen molar-refractivity contribution in [3.05, 3.63) is 34.9 Å². The molecule has 2 unspecified atom stereocenters. The molecule has 0 bridgehead atoms. The number of hydrogen-bond donors (Lipinski definition) is 1. The largest absolute Gasteiger partial charge is 0.338 e. The molecule has 20 heavy (non-hydrogen) atoms. The van der Waals surface area contributed by atoms with Crippen LogP contribution in [-0.2, 0) is 11.3 Å². The maximum absolute atomic E-state index is 12.6. The number of benzene rings is 1. The Balaban J connectivity index is 2.04. The van der Waals surface area contributed by atoms with Crippen molar-refractivity contribution in [3.8, 4) is 0 Å². The number of halogens is 1. The number of carbonyl (C=O) groups is 1. The van der Waals surface area contributed by atoms with Crippen molar-refractivity contribution in [3.63, 3.8) is 0 Å². The predicted octanol–water partition coefficient (Wildman–Crippen LogP) is 3.21. The Morgan fingerprint density at radius 3 is 2.80 bits per heavy atom. The van der Waals surface area contributed by atoms with Crippen LogP contribution in [0.2, 0.25) is 5.02 Å². The van der Waals surface area contributed by atoms with Crippen molar-refractivity contribution in [1.29, 1.82) is 0 Å². The highest BCUT2D eigenvalue weighted by Gasteiger charge is 2.28. The van der Waals surface area contributed by atoms with Gasteiger partial charge in [0.1, 0.15) is 0 Å². The van der Waals surface area contributed by atoms with Gasteiger partial charge in [0, 0.05) is 30.1 Å². The number of amides is 1. The lowest BCUT2D eigenvalue weighted by atomic mass is 9.85. The van der Waals surface area contributed by atoms with Crippen molar-refractivity contribution < 1.29 is 4.79 Å². The van der Waals surface area contributed by atoms with Gasteiger partial charge in [0.15, 0.2) is 0 Å². The van der Waals surface area contributed by atoms with Gasteiger partial charge in [-0.05, 0) is 37.8 Å². The summed E-state index contributed by atoms with van der Waals surface area (Å²) < 4.78 is 0. The van der Waals surface area contributed by atoms with Gasteiger partial charge in [0.05, 0.1) is 0 Å². The highest BCUT2D eigenvalue weighted by Crippen LogP contribution is 2.26. The third kappa shape index (κ3) is 3.74. The van der Waals surface area contributed by atoms with Crippen LogP contribution in [0.1, 0.15) is 38.2 Å². The van der Waals surface area contributed by atoms with Crippen LogP contribution in [0.4, 0.5) is 0 Å². The van der Waals surface area contributed by atoms with E-state index in [9.17, 15) is 4.79 Å². The zero-order valence-electron chi connectivity index (χ0n) is 12.0. The average Bonchev–Trinajstić information content (AvgIpc) is 2.46. The first-order chi connectivity index (χ1) is 9.61. The summed E-state index contributed by atoms with van der Waals surface area (Å²) in [7, 11) is 0. The zero-order valence-corrected chi connectivity index (χ0v) is 12.8. The van der Waals surface area contributed by atoms with Crippen LogP contribution in [0.3, 0.4) is 0 Å². The van der Waals surface area contributed by atoms with Gasteiger partial charge >= 0.3 is 0 Å². The molecule has 0 heterocycles. The monoisotopic (exact) mass is 294 g/mol. The van der Waals surface area contributed by atoms with E-state index in [0.717, 1.165) is 36.3 Å². The molecule has 2 atom stereocenters. The van der Waals surface area contributed by atoms with Crippen LogP contribution in [-0.4, -0.2) is 23.4 Å². The summed E-state index contributed by atoms with van der Waals surface area (Å²) in [6.07, 6.45) is 3.88. The third-order valence-electron chi connectivity index (χ3n) is 4.08. The lowest BCUT2D eigenvalue weighted by Gasteiger charge is -2.31. The highest BCUT2D eigenvalue weighted by molar-refractivity contribution is 6.31. The maximum Gasteiger partial charge on any atom is 0.226 e. The fraction of sp³-hybridized carbons (Fsp3) is 0.562. The Morgan fingerprint density at radius 1 is 1.40 bits per heavy atom. The molecule has 0 spiro atoms. The van der Waals surface area contributed by atoms with E-state index in [1.807, 2.05) is 36.1 Å². The molecule has 110 valence electrons. The molecular weight excluding hydrogens is 272 g/mol. The Labute approximate surface area is 126 Å². The summed E-state index contributed by atoms with van der Waals surface area (Å²) in [6, 6.07) is 7.88. The summed E-state index contributed by atoms with van der Waals surface area (Å²) in [6.45, 7) is 3.30. The number of rotatable bonds is 4. The fourth-order valence-electron chi connectivity index (χ4n) is 2.89. The van der Waals surface area contributed by atoms with Crippen LogP contribution < -0.4 is 5.73 Å². The minimum absolute atomic E-state index is 0.0844. The molecular formula is C16H23ClN2O. The van der Waals surface area contributed by atoms with Gasteiger partial charge < -0.3 is 10.6 Å². The normalized spacial score (nSPS) is 22.6. The first-order valence-electron chi connectivity index (χ1n) is 7.39. The average molecular weight is 295 g/mol. The van der Waals surface area contributed by atoms with Gasteiger partial charge in [0.25, 0.3) is 0 Å². The molecule has 1 amide bonds. The van der Waals surface area contributed by atoms with Crippen LogP contribution in [0.5, 0.6) is 0 Å². The molecule has 1 fully saturated rings. The van der Waals surface area contributed by atoms with Gasteiger partial charge in [-0.1, -0.05) is 36.2 Å². The van der Waals surface area contributed by atoms with E-state index in [1.54, 1.807) is 0 Å². The van der Waals surface area contributed by atoms with Crippen molar-refractivity contribution in [2.45, 2.75) is 45.2 Å². The summed E-state index contributed by atoms with van der Waals surface area (Å²) >= 11 is 6.18. The summed E-state index contributed by atoms with van der Waals surface area (Å²) in [5.74, 6) is 0.309. The Kier molecular flexibility index (Phi) is 5.44. The predicted molar refractivity (Wildman–Crippen MR) is 82.5 cm³/mol. The van der Waals surface area contributed by atoms with Crippen molar-refractivity contribution in [1.82, 2.24) is 4.90 Å². The van der Waals surface area contributed by atoms with Gasteiger partial charge in [-0.25, -0.2) is 0 Å². The van der Waals surface area contributed by atoms with E-state index < -0.39 is 0 Å². The number of nitrogens with zero attached hydrogens (tertiary/aromatic N) is 1. The second kappa shape index (κ2) is 7.09. The molecule has 4 heteroatoms. The van der Waals surface area contributed by atoms with E-state index >= 15 is 0 Å². The number of hydrogen-bond acceptors (Lipinski definition) is 2. The third-order valence-corrected chi connectivity index (χ3v) is 4.45. The summed E-state index contributed by atoms with van der Waals surface area (Å²) in [5.41, 5.74) is 6.99. The fourth-order valence-corrected chi connectivity index (χ4v) is 3.08. The second-order valence-electron chi connectivity index (χ2n) is 5.57. The smallest absolute Gasteiger partial charge is 0.226 e. The van der Waals surface area contributed by atoms with Crippen molar-refractivity contribution in [2.24, 2.45) is 11.7 Å². The molecule has 2 rings (SSSR count). The Bertz CT molecular complexity index is 464. The minimum atomic E-state index is 0.0844. The zero-order chi connectivity index (χ0) is 14.5. The van der Waals surface area contributed by atoms with Crippen LogP contribution in [0, 0.1) is 5.92 Å². The molecule has 0 radical (unpaired) electrons. The van der Waals surface area contributed by atoms with E-state index in [2.05, 4.69) is 0 Å². The molecule has 1 aliphatic carbocycles. The second-order valence-corrected chi connectivity index (χ2v) is 5.97. The first kappa shape index (κ1) is 15.3. The summed E-state index contributed by atoms with van der Waals surface area (Å²) in [5, 5.41) is 0.721. The molecule has 0 saturated heterocycles. The highest BCUT2D eigenvalue weighted by atomic mass is 35.5. The number of carbonyl (C=O) groups excluding carboxylic acids is 1. The van der Waals surface area contributed by atoms with Crippen LogP contribution in [0.15, 0.2) is 24.3 Å². The lowest BCUT2D eigenvalue weighted by molar-refractivity contribution is -0.137. The van der Waals surface area contributed by atoms with Gasteiger partial charge in [-0.15, -0.1) is 0 Å². The van der Waals surface area contributed by atoms with Crippen molar-refractivity contribution >= 4 is 17.5 Å². The van der Waals surface area contributed by atoms with E-state index in [4.69, 9.17) is 17.3 Å². The topological polar surface area (TPSA) is 46.3 Å².